The van der Waals surface area contributed by atoms with Crippen LogP contribution >= 0.6 is 15.9 Å². The fourth-order valence-corrected chi connectivity index (χ4v) is 1.57. The predicted molar refractivity (Wildman–Crippen MR) is 51.5 cm³/mol. The number of aldehydes is 1. The van der Waals surface area contributed by atoms with Gasteiger partial charge in [0.05, 0.1) is 11.6 Å². The first kappa shape index (κ1) is 9.85. The van der Waals surface area contributed by atoms with Gasteiger partial charge in [-0.15, -0.1) is 4.91 Å². The monoisotopic (exact) mass is 243 g/mol. The number of carbonyl (C=O) groups is 1. The summed E-state index contributed by atoms with van der Waals surface area (Å²) in [5.74, 6) is 0.334. The highest BCUT2D eigenvalue weighted by molar-refractivity contribution is 9.10. The molecule has 0 aliphatic rings. The minimum absolute atomic E-state index is 0.110. The van der Waals surface area contributed by atoms with E-state index in [2.05, 4.69) is 21.1 Å². The molecule has 0 N–H and O–H groups in total. The molecule has 5 heteroatoms. The Morgan fingerprint density at radius 3 is 2.69 bits per heavy atom. The Morgan fingerprint density at radius 2 is 2.23 bits per heavy atom. The van der Waals surface area contributed by atoms with Crippen LogP contribution in [0.25, 0.3) is 0 Å². The van der Waals surface area contributed by atoms with E-state index < -0.39 is 0 Å². The fourth-order valence-electron chi connectivity index (χ4n) is 0.937. The van der Waals surface area contributed by atoms with Crippen LogP contribution in [0.2, 0.25) is 0 Å². The summed E-state index contributed by atoms with van der Waals surface area (Å²) in [7, 11) is 1.43. The number of ether oxygens (including phenoxy) is 1. The number of rotatable bonds is 3. The van der Waals surface area contributed by atoms with Crippen LogP contribution < -0.4 is 4.74 Å². The molecule has 1 aromatic rings. The van der Waals surface area contributed by atoms with Gasteiger partial charge in [0.2, 0.25) is 0 Å². The molecule has 0 unspecified atom stereocenters. The minimum Gasteiger partial charge on any atom is -0.493 e. The lowest BCUT2D eigenvalue weighted by atomic mass is 10.2. The number of carbonyl (C=O) groups excluding carboxylic acids is 1. The van der Waals surface area contributed by atoms with Crippen molar-refractivity contribution in [1.29, 1.82) is 0 Å². The Labute approximate surface area is 83.0 Å². The van der Waals surface area contributed by atoms with Crippen LogP contribution in [0.4, 0.5) is 5.69 Å². The Balaban J connectivity index is 3.36. The third-order valence-electron chi connectivity index (χ3n) is 1.48. The molecule has 0 radical (unpaired) electrons. The van der Waals surface area contributed by atoms with E-state index in [1.54, 1.807) is 6.07 Å². The number of nitroso groups, excluding NO2 is 1. The molecule has 0 fully saturated rings. The van der Waals surface area contributed by atoms with Gasteiger partial charge in [0.15, 0.2) is 11.4 Å². The van der Waals surface area contributed by atoms with Crippen molar-refractivity contribution in [3.05, 3.63) is 27.1 Å². The Hall–Kier alpha value is -1.23. The summed E-state index contributed by atoms with van der Waals surface area (Å²) >= 11 is 3.16. The number of benzene rings is 1. The maximum absolute atomic E-state index is 10.4. The van der Waals surface area contributed by atoms with Crippen molar-refractivity contribution in [3.63, 3.8) is 0 Å². The smallest absolute Gasteiger partial charge is 0.162 e. The molecule has 0 saturated carbocycles. The maximum Gasteiger partial charge on any atom is 0.162 e. The van der Waals surface area contributed by atoms with Gasteiger partial charge in [-0.3, -0.25) is 4.79 Å². The second-order valence-corrected chi connectivity index (χ2v) is 3.12. The van der Waals surface area contributed by atoms with Crippen molar-refractivity contribution in [1.82, 2.24) is 0 Å². The number of hydrogen-bond acceptors (Lipinski definition) is 4. The predicted octanol–water partition coefficient (Wildman–Crippen LogP) is 2.67. The quantitative estimate of drug-likeness (QED) is 0.606. The van der Waals surface area contributed by atoms with Gasteiger partial charge in [0, 0.05) is 5.56 Å². The van der Waals surface area contributed by atoms with Crippen molar-refractivity contribution >= 4 is 27.9 Å². The standard InChI is InChI=1S/C8H6BrNO3/c1-13-8-6(9)2-5(4-11)3-7(8)10-12/h2-4H,1H3. The summed E-state index contributed by atoms with van der Waals surface area (Å²) in [4.78, 5) is 20.8. The molecule has 0 aromatic heterocycles. The second kappa shape index (κ2) is 4.13. The maximum atomic E-state index is 10.4. The van der Waals surface area contributed by atoms with E-state index in [-0.39, 0.29) is 5.69 Å². The van der Waals surface area contributed by atoms with Gasteiger partial charge >= 0.3 is 0 Å². The van der Waals surface area contributed by atoms with E-state index in [1.807, 2.05) is 0 Å². The van der Waals surface area contributed by atoms with Gasteiger partial charge in [-0.25, -0.2) is 0 Å². The van der Waals surface area contributed by atoms with E-state index in [0.717, 1.165) is 0 Å². The number of nitrogens with zero attached hydrogens (tertiary/aromatic N) is 1. The minimum atomic E-state index is 0.110. The molecule has 0 atom stereocenters. The van der Waals surface area contributed by atoms with Gasteiger partial charge in [-0.2, -0.15) is 0 Å². The van der Waals surface area contributed by atoms with Gasteiger partial charge in [0.1, 0.15) is 6.29 Å². The highest BCUT2D eigenvalue weighted by Crippen LogP contribution is 2.35. The topological polar surface area (TPSA) is 55.7 Å². The third-order valence-corrected chi connectivity index (χ3v) is 2.07. The molecule has 68 valence electrons. The zero-order chi connectivity index (χ0) is 9.84. The lowest BCUT2D eigenvalue weighted by Gasteiger charge is -2.04. The van der Waals surface area contributed by atoms with Crippen LogP contribution in [0.1, 0.15) is 10.4 Å². The summed E-state index contributed by atoms with van der Waals surface area (Å²) in [6.45, 7) is 0. The van der Waals surface area contributed by atoms with Crippen molar-refractivity contribution in [2.24, 2.45) is 5.18 Å². The van der Waals surface area contributed by atoms with E-state index in [9.17, 15) is 9.70 Å². The molecular weight excluding hydrogens is 238 g/mol. The fraction of sp³-hybridized carbons (Fsp3) is 0.125. The average molecular weight is 244 g/mol. The molecule has 1 rings (SSSR count). The van der Waals surface area contributed by atoms with E-state index >= 15 is 0 Å². The average Bonchev–Trinajstić information content (AvgIpc) is 2.16. The first-order chi connectivity index (χ1) is 6.22. The highest BCUT2D eigenvalue weighted by atomic mass is 79.9. The Morgan fingerprint density at radius 1 is 1.54 bits per heavy atom. The molecule has 13 heavy (non-hydrogen) atoms. The summed E-state index contributed by atoms with van der Waals surface area (Å²) in [5, 5.41) is 2.75. The molecule has 4 nitrogen and oxygen atoms in total. The largest absolute Gasteiger partial charge is 0.493 e. The SMILES string of the molecule is COc1c(Br)cc(C=O)cc1N=O. The Kier molecular flexibility index (Phi) is 3.13. The zero-order valence-corrected chi connectivity index (χ0v) is 8.37. The van der Waals surface area contributed by atoms with Crippen LogP contribution in [0.5, 0.6) is 5.75 Å². The van der Waals surface area contributed by atoms with E-state index in [1.165, 1.54) is 13.2 Å². The first-order valence-corrected chi connectivity index (χ1v) is 4.18. The first-order valence-electron chi connectivity index (χ1n) is 3.39. The summed E-state index contributed by atoms with van der Waals surface area (Å²) < 4.78 is 5.45. The summed E-state index contributed by atoms with van der Waals surface area (Å²) in [6, 6.07) is 2.92. The lowest BCUT2D eigenvalue weighted by molar-refractivity contribution is 0.112. The molecule has 0 spiro atoms. The molecule has 0 saturated heterocycles. The number of halogens is 1. The normalized spacial score (nSPS) is 9.38. The molecule has 0 bridgehead atoms. The van der Waals surface area contributed by atoms with Crippen LogP contribution in [0, 0.1) is 4.91 Å². The van der Waals surface area contributed by atoms with Gasteiger partial charge in [-0.1, -0.05) is 0 Å². The molecule has 0 aliphatic heterocycles. The molecule has 0 amide bonds. The highest BCUT2D eigenvalue weighted by Gasteiger charge is 2.09. The van der Waals surface area contributed by atoms with Crippen LogP contribution in [0.3, 0.4) is 0 Å². The molecule has 0 heterocycles. The van der Waals surface area contributed by atoms with Crippen LogP contribution in [0.15, 0.2) is 21.8 Å². The Bertz CT molecular complexity index is 351. The van der Waals surface area contributed by atoms with Crippen molar-refractivity contribution in [2.45, 2.75) is 0 Å². The lowest BCUT2D eigenvalue weighted by Crippen LogP contribution is -1.87. The molecule has 0 aliphatic carbocycles. The molecular formula is C8H6BrNO3. The second-order valence-electron chi connectivity index (χ2n) is 2.26. The van der Waals surface area contributed by atoms with Crippen LogP contribution in [-0.2, 0) is 0 Å². The van der Waals surface area contributed by atoms with Gasteiger partial charge in [-0.05, 0) is 33.2 Å². The van der Waals surface area contributed by atoms with Gasteiger partial charge < -0.3 is 4.74 Å². The zero-order valence-electron chi connectivity index (χ0n) is 6.78. The van der Waals surface area contributed by atoms with Crippen molar-refractivity contribution in [3.8, 4) is 5.75 Å². The van der Waals surface area contributed by atoms with Crippen LogP contribution in [-0.4, -0.2) is 13.4 Å². The third kappa shape index (κ3) is 1.92. The van der Waals surface area contributed by atoms with Crippen molar-refractivity contribution in [2.75, 3.05) is 7.11 Å². The van der Waals surface area contributed by atoms with Crippen molar-refractivity contribution < 1.29 is 9.53 Å². The summed E-state index contributed by atoms with van der Waals surface area (Å²) in [5.41, 5.74) is 0.487. The number of hydrogen-bond donors (Lipinski definition) is 0. The number of methoxy groups -OCH3 is 1. The molecule has 1 aromatic carbocycles. The van der Waals surface area contributed by atoms with Gasteiger partial charge in [0.25, 0.3) is 0 Å². The van der Waals surface area contributed by atoms with E-state index in [4.69, 9.17) is 4.74 Å². The summed E-state index contributed by atoms with van der Waals surface area (Å²) in [6.07, 6.45) is 0.638. The van der Waals surface area contributed by atoms with E-state index in [0.29, 0.717) is 22.1 Å².